The summed E-state index contributed by atoms with van der Waals surface area (Å²) in [7, 11) is 0. The van der Waals surface area contributed by atoms with E-state index < -0.39 is 6.09 Å². The van der Waals surface area contributed by atoms with Gasteiger partial charge in [0.05, 0.1) is 11.7 Å². The normalized spacial score (nSPS) is 18.0. The minimum atomic E-state index is -0.958. The molecule has 0 bridgehead atoms. The van der Waals surface area contributed by atoms with Crippen LogP contribution in [-0.4, -0.2) is 49.0 Å². The fourth-order valence-corrected chi connectivity index (χ4v) is 3.33. The zero-order valence-electron chi connectivity index (χ0n) is 13.8. The van der Waals surface area contributed by atoms with Crippen molar-refractivity contribution in [3.63, 3.8) is 0 Å². The van der Waals surface area contributed by atoms with E-state index in [1.54, 1.807) is 23.1 Å². The second-order valence-electron chi connectivity index (χ2n) is 6.18. The summed E-state index contributed by atoms with van der Waals surface area (Å²) in [5, 5.41) is 16.1. The molecule has 1 atom stereocenters. The van der Waals surface area contributed by atoms with Crippen molar-refractivity contribution in [3.05, 3.63) is 47.5 Å². The molecule has 4 heterocycles. The monoisotopic (exact) mass is 372 g/mol. The largest absolute Gasteiger partial charge is 0.464 e. The van der Waals surface area contributed by atoms with Gasteiger partial charge in [0.15, 0.2) is 5.82 Å². The van der Waals surface area contributed by atoms with Gasteiger partial charge in [-0.1, -0.05) is 17.7 Å². The first-order valence-electron chi connectivity index (χ1n) is 8.32. The van der Waals surface area contributed by atoms with Crippen molar-refractivity contribution in [1.29, 1.82) is 0 Å². The molecule has 0 aromatic carbocycles. The van der Waals surface area contributed by atoms with Crippen LogP contribution in [0.15, 0.2) is 36.7 Å². The van der Waals surface area contributed by atoms with E-state index in [1.807, 2.05) is 18.2 Å². The summed E-state index contributed by atoms with van der Waals surface area (Å²) in [6.45, 7) is 0.999. The fourth-order valence-electron chi connectivity index (χ4n) is 3.18. The van der Waals surface area contributed by atoms with E-state index in [0.29, 0.717) is 24.1 Å². The zero-order chi connectivity index (χ0) is 18.1. The molecule has 0 spiro atoms. The summed E-state index contributed by atoms with van der Waals surface area (Å²) in [5.74, 6) is 0.825. The molecule has 9 heteroatoms. The number of hydrogen-bond donors (Lipinski definition) is 2. The van der Waals surface area contributed by atoms with Crippen molar-refractivity contribution >= 4 is 28.6 Å². The van der Waals surface area contributed by atoms with E-state index in [-0.39, 0.29) is 5.92 Å². The van der Waals surface area contributed by atoms with E-state index in [0.717, 1.165) is 29.4 Å². The number of aromatic nitrogens is 4. The minimum Gasteiger partial charge on any atom is -0.464 e. The van der Waals surface area contributed by atoms with Gasteiger partial charge in [-0.05, 0) is 25.0 Å². The summed E-state index contributed by atoms with van der Waals surface area (Å²) in [6.07, 6.45) is 4.09. The van der Waals surface area contributed by atoms with Gasteiger partial charge >= 0.3 is 6.09 Å². The fraction of sp³-hybridized carbons (Fsp3) is 0.294. The highest BCUT2D eigenvalue weighted by Gasteiger charge is 2.22. The molecule has 0 saturated carbocycles. The average Bonchev–Trinajstić information content (AvgIpc) is 2.88. The van der Waals surface area contributed by atoms with Crippen molar-refractivity contribution in [3.8, 4) is 5.82 Å². The smallest absolute Gasteiger partial charge is 0.421 e. The molecule has 1 unspecified atom stereocenters. The lowest BCUT2D eigenvalue weighted by Crippen LogP contribution is -2.42. The molecule has 8 nitrogen and oxygen atoms in total. The van der Waals surface area contributed by atoms with Gasteiger partial charge in [-0.15, -0.1) is 0 Å². The van der Waals surface area contributed by atoms with Crippen molar-refractivity contribution in [2.45, 2.75) is 18.8 Å². The van der Waals surface area contributed by atoms with Crippen LogP contribution in [0, 0.1) is 0 Å². The molecule has 1 aliphatic rings. The number of nitrogens with one attached hydrogen (secondary N) is 1. The maximum Gasteiger partial charge on any atom is 0.421 e. The van der Waals surface area contributed by atoms with Crippen molar-refractivity contribution < 1.29 is 9.90 Å². The second-order valence-corrected chi connectivity index (χ2v) is 6.57. The molecular weight excluding hydrogens is 356 g/mol. The molecule has 4 rings (SSSR count). The van der Waals surface area contributed by atoms with Crippen LogP contribution in [0.3, 0.4) is 0 Å². The lowest BCUT2D eigenvalue weighted by molar-refractivity contribution is 0.124. The van der Waals surface area contributed by atoms with Crippen LogP contribution >= 0.6 is 11.6 Å². The molecule has 0 aliphatic carbocycles. The predicted octanol–water partition coefficient (Wildman–Crippen LogP) is 2.83. The molecule has 0 radical (unpaired) electrons. The Kier molecular flexibility index (Phi) is 4.44. The quantitative estimate of drug-likeness (QED) is 0.671. The highest BCUT2D eigenvalue weighted by Crippen LogP contribution is 2.24. The molecule has 3 aromatic rings. The molecule has 1 amide bonds. The van der Waals surface area contributed by atoms with E-state index >= 15 is 0 Å². The number of amides is 1. The third kappa shape index (κ3) is 3.21. The zero-order valence-corrected chi connectivity index (χ0v) is 14.6. The van der Waals surface area contributed by atoms with Crippen molar-refractivity contribution in [1.82, 2.24) is 30.2 Å². The molecule has 2 N–H and O–H groups in total. The Labute approximate surface area is 154 Å². The number of hydrazine groups is 1. The van der Waals surface area contributed by atoms with E-state index in [2.05, 4.69) is 15.5 Å². The van der Waals surface area contributed by atoms with Crippen LogP contribution in [-0.2, 0) is 0 Å². The van der Waals surface area contributed by atoms with E-state index in [1.165, 1.54) is 5.01 Å². The second kappa shape index (κ2) is 6.89. The Morgan fingerprint density at radius 3 is 3.08 bits per heavy atom. The molecule has 1 aliphatic heterocycles. The van der Waals surface area contributed by atoms with Gasteiger partial charge in [0.25, 0.3) is 0 Å². The number of rotatable bonds is 2. The average molecular weight is 373 g/mol. The minimum absolute atomic E-state index is 0.131. The van der Waals surface area contributed by atoms with Crippen LogP contribution in [0.2, 0.25) is 5.15 Å². The maximum atomic E-state index is 11.1. The number of carbonyl (C=O) groups is 1. The maximum absolute atomic E-state index is 11.1. The topological polar surface area (TPSA) is 96.2 Å². The van der Waals surface area contributed by atoms with Gasteiger partial charge in [-0.2, -0.15) is 5.10 Å². The van der Waals surface area contributed by atoms with Gasteiger partial charge in [0, 0.05) is 42.4 Å². The number of halogens is 1. The third-order valence-electron chi connectivity index (χ3n) is 4.50. The van der Waals surface area contributed by atoms with Crippen LogP contribution in [0.1, 0.15) is 24.5 Å². The van der Waals surface area contributed by atoms with Gasteiger partial charge < -0.3 is 5.11 Å². The SMILES string of the molecule is O=C(O)N1CCCC(c2cccc(-n3ncc4cnc(Cl)cc43)n2)CN1. The first kappa shape index (κ1) is 16.7. The lowest BCUT2D eigenvalue weighted by Gasteiger charge is -2.18. The summed E-state index contributed by atoms with van der Waals surface area (Å²) < 4.78 is 1.74. The van der Waals surface area contributed by atoms with Crippen LogP contribution in [0.25, 0.3) is 16.7 Å². The van der Waals surface area contributed by atoms with E-state index in [9.17, 15) is 4.79 Å². The standard InChI is InChI=1S/C17H17ClN6O2/c18-15-7-14-12(8-19-15)10-21-24(14)16-5-1-4-13(22-16)11-3-2-6-23(17(25)26)20-9-11/h1,4-5,7-8,10-11,20H,2-3,6,9H2,(H,25,26). The van der Waals surface area contributed by atoms with Crippen LogP contribution < -0.4 is 5.43 Å². The Hall–Kier alpha value is -2.71. The third-order valence-corrected chi connectivity index (χ3v) is 4.71. The highest BCUT2D eigenvalue weighted by molar-refractivity contribution is 6.30. The Balaban J connectivity index is 1.64. The van der Waals surface area contributed by atoms with E-state index in [4.69, 9.17) is 21.7 Å². The Bertz CT molecular complexity index is 959. The lowest BCUT2D eigenvalue weighted by atomic mass is 9.99. The van der Waals surface area contributed by atoms with Crippen LogP contribution in [0.4, 0.5) is 4.79 Å². The van der Waals surface area contributed by atoms with Gasteiger partial charge in [-0.25, -0.2) is 29.9 Å². The van der Waals surface area contributed by atoms with Crippen molar-refractivity contribution in [2.24, 2.45) is 0 Å². The Morgan fingerprint density at radius 2 is 2.23 bits per heavy atom. The summed E-state index contributed by atoms with van der Waals surface area (Å²) >= 11 is 6.01. The molecule has 26 heavy (non-hydrogen) atoms. The first-order valence-corrected chi connectivity index (χ1v) is 8.70. The number of nitrogens with zero attached hydrogens (tertiary/aromatic N) is 5. The first-order chi connectivity index (χ1) is 12.6. The summed E-state index contributed by atoms with van der Waals surface area (Å²) in [5.41, 5.74) is 4.71. The number of hydrogen-bond acceptors (Lipinski definition) is 5. The molecule has 1 fully saturated rings. The van der Waals surface area contributed by atoms with Gasteiger partial charge in [0.1, 0.15) is 5.15 Å². The van der Waals surface area contributed by atoms with Gasteiger partial charge in [0.2, 0.25) is 0 Å². The number of fused-ring (bicyclic) bond motifs is 1. The molecule has 3 aromatic heterocycles. The molecular formula is C17H17ClN6O2. The number of carboxylic acid groups (broad SMARTS) is 1. The van der Waals surface area contributed by atoms with Crippen molar-refractivity contribution in [2.75, 3.05) is 13.1 Å². The summed E-state index contributed by atoms with van der Waals surface area (Å²) in [4.78, 5) is 20.0. The number of pyridine rings is 2. The summed E-state index contributed by atoms with van der Waals surface area (Å²) in [6, 6.07) is 7.55. The predicted molar refractivity (Wildman–Crippen MR) is 96.4 cm³/mol. The van der Waals surface area contributed by atoms with Crippen LogP contribution in [0.5, 0.6) is 0 Å². The van der Waals surface area contributed by atoms with Gasteiger partial charge in [-0.3, -0.25) is 0 Å². The molecule has 1 saturated heterocycles. The Morgan fingerprint density at radius 1 is 1.35 bits per heavy atom. The highest BCUT2D eigenvalue weighted by atomic mass is 35.5. The molecule has 134 valence electrons.